The van der Waals surface area contributed by atoms with Crippen molar-refractivity contribution in [2.75, 3.05) is 5.32 Å². The third-order valence-corrected chi connectivity index (χ3v) is 5.00. The molecule has 4 aromatic rings. The van der Waals surface area contributed by atoms with Crippen molar-refractivity contribution in [1.29, 1.82) is 0 Å². The Balaban J connectivity index is 1.43. The quantitative estimate of drug-likeness (QED) is 0.568. The Morgan fingerprint density at radius 3 is 2.93 bits per heavy atom. The maximum absolute atomic E-state index is 12.3. The van der Waals surface area contributed by atoms with Crippen LogP contribution in [0.25, 0.3) is 22.3 Å². The van der Waals surface area contributed by atoms with Crippen LogP contribution < -0.4 is 5.32 Å². The number of hydrogen-bond donors (Lipinski definition) is 1. The van der Waals surface area contributed by atoms with Crippen LogP contribution in [0.3, 0.4) is 0 Å². The number of thiophene rings is 1. The molecular weight excluding hydrogens is 362 g/mol. The van der Waals surface area contributed by atoms with Gasteiger partial charge in [-0.3, -0.25) is 4.79 Å². The first kappa shape index (κ1) is 17.2. The van der Waals surface area contributed by atoms with E-state index in [1.807, 2.05) is 49.6 Å². The Labute approximate surface area is 159 Å². The predicted octanol–water partition coefficient (Wildman–Crippen LogP) is 3.92. The zero-order valence-corrected chi connectivity index (χ0v) is 15.7. The van der Waals surface area contributed by atoms with Crippen LogP contribution in [0.2, 0.25) is 0 Å². The van der Waals surface area contributed by atoms with Gasteiger partial charge in [0, 0.05) is 11.9 Å². The molecule has 4 rings (SSSR count). The van der Waals surface area contributed by atoms with Gasteiger partial charge in [-0.15, -0.1) is 11.3 Å². The minimum Gasteiger partial charge on any atom is -0.333 e. The van der Waals surface area contributed by atoms with E-state index in [-0.39, 0.29) is 12.5 Å². The molecule has 7 nitrogen and oxygen atoms in total. The van der Waals surface area contributed by atoms with Gasteiger partial charge in [0.15, 0.2) is 0 Å². The van der Waals surface area contributed by atoms with Gasteiger partial charge >= 0.3 is 0 Å². The molecule has 0 saturated heterocycles. The number of anilines is 1. The Morgan fingerprint density at radius 1 is 1.26 bits per heavy atom. The largest absolute Gasteiger partial charge is 0.333 e. The molecule has 27 heavy (non-hydrogen) atoms. The normalized spacial score (nSPS) is 10.9. The standard InChI is InChI=1S/C19H17N5O2S/c1-12-5-6-14(8-13(12)2)21-17(25)10-24-9-15(20-11-24)18-22-19(26-23-18)16-4-3-7-27-16/h3-9,11H,10H2,1-2H3,(H,21,25). The fourth-order valence-electron chi connectivity index (χ4n) is 2.58. The van der Waals surface area contributed by atoms with E-state index < -0.39 is 0 Å². The maximum atomic E-state index is 12.3. The van der Waals surface area contributed by atoms with E-state index >= 15 is 0 Å². The highest BCUT2D eigenvalue weighted by Crippen LogP contribution is 2.25. The maximum Gasteiger partial charge on any atom is 0.268 e. The number of amides is 1. The van der Waals surface area contributed by atoms with Crippen molar-refractivity contribution >= 4 is 22.9 Å². The molecular formula is C19H17N5O2S. The van der Waals surface area contributed by atoms with Crippen LogP contribution in [0, 0.1) is 13.8 Å². The van der Waals surface area contributed by atoms with Crippen molar-refractivity contribution in [2.24, 2.45) is 0 Å². The predicted molar refractivity (Wildman–Crippen MR) is 103 cm³/mol. The summed E-state index contributed by atoms with van der Waals surface area (Å²) in [5.74, 6) is 0.725. The van der Waals surface area contributed by atoms with Gasteiger partial charge in [-0.25, -0.2) is 4.98 Å². The van der Waals surface area contributed by atoms with Crippen molar-refractivity contribution in [3.8, 4) is 22.3 Å². The monoisotopic (exact) mass is 379 g/mol. The molecule has 0 saturated carbocycles. The van der Waals surface area contributed by atoms with Gasteiger partial charge in [-0.2, -0.15) is 4.98 Å². The lowest BCUT2D eigenvalue weighted by Crippen LogP contribution is -2.17. The number of aryl methyl sites for hydroxylation is 2. The number of carbonyl (C=O) groups is 1. The number of nitrogens with one attached hydrogen (secondary N) is 1. The van der Waals surface area contributed by atoms with Crippen LogP contribution >= 0.6 is 11.3 Å². The van der Waals surface area contributed by atoms with E-state index in [1.165, 1.54) is 16.9 Å². The van der Waals surface area contributed by atoms with Gasteiger partial charge in [0.2, 0.25) is 11.7 Å². The van der Waals surface area contributed by atoms with Crippen LogP contribution in [0.5, 0.6) is 0 Å². The number of imidazole rings is 1. The molecule has 0 atom stereocenters. The molecule has 0 aliphatic rings. The van der Waals surface area contributed by atoms with Gasteiger partial charge in [-0.1, -0.05) is 17.3 Å². The molecule has 0 fully saturated rings. The average molecular weight is 379 g/mol. The van der Waals surface area contributed by atoms with Gasteiger partial charge < -0.3 is 14.4 Å². The number of aromatic nitrogens is 4. The van der Waals surface area contributed by atoms with Crippen LogP contribution in [0.15, 0.2) is 52.8 Å². The van der Waals surface area contributed by atoms with Gasteiger partial charge in [0.1, 0.15) is 12.2 Å². The molecule has 0 radical (unpaired) electrons. The first-order chi connectivity index (χ1) is 13.1. The van der Waals surface area contributed by atoms with Crippen molar-refractivity contribution in [1.82, 2.24) is 19.7 Å². The Hall–Kier alpha value is -3.26. The molecule has 136 valence electrons. The highest BCUT2D eigenvalue weighted by molar-refractivity contribution is 7.13. The summed E-state index contributed by atoms with van der Waals surface area (Å²) in [5, 5.41) is 8.81. The number of hydrogen-bond acceptors (Lipinski definition) is 6. The summed E-state index contributed by atoms with van der Waals surface area (Å²) in [6, 6.07) is 9.68. The van der Waals surface area contributed by atoms with Crippen LogP contribution in [-0.2, 0) is 11.3 Å². The highest BCUT2D eigenvalue weighted by Gasteiger charge is 2.14. The molecule has 1 N–H and O–H groups in total. The molecule has 0 bridgehead atoms. The molecule has 0 spiro atoms. The summed E-state index contributed by atoms with van der Waals surface area (Å²) in [6.45, 7) is 4.20. The lowest BCUT2D eigenvalue weighted by atomic mass is 10.1. The molecule has 1 aromatic carbocycles. The van der Waals surface area contributed by atoms with Crippen LogP contribution in [0.1, 0.15) is 11.1 Å². The smallest absolute Gasteiger partial charge is 0.268 e. The molecule has 0 aliphatic heterocycles. The second kappa shape index (κ2) is 7.16. The lowest BCUT2D eigenvalue weighted by molar-refractivity contribution is -0.116. The average Bonchev–Trinajstić information content (AvgIpc) is 3.37. The molecule has 3 heterocycles. The first-order valence-electron chi connectivity index (χ1n) is 8.35. The van der Waals surface area contributed by atoms with Crippen molar-refractivity contribution < 1.29 is 9.32 Å². The Bertz CT molecular complexity index is 1080. The van der Waals surface area contributed by atoms with E-state index in [1.54, 1.807) is 17.1 Å². The minimum absolute atomic E-state index is 0.130. The molecule has 3 aromatic heterocycles. The second-order valence-electron chi connectivity index (χ2n) is 6.18. The lowest BCUT2D eigenvalue weighted by Gasteiger charge is -2.08. The van der Waals surface area contributed by atoms with Crippen molar-refractivity contribution in [2.45, 2.75) is 20.4 Å². The summed E-state index contributed by atoms with van der Waals surface area (Å²) in [5.41, 5.74) is 3.66. The Morgan fingerprint density at radius 2 is 2.15 bits per heavy atom. The van der Waals surface area contributed by atoms with Crippen LogP contribution in [-0.4, -0.2) is 25.6 Å². The molecule has 8 heteroatoms. The number of benzene rings is 1. The number of carbonyl (C=O) groups excluding carboxylic acids is 1. The summed E-state index contributed by atoms with van der Waals surface area (Å²) in [4.78, 5) is 21.8. The van der Waals surface area contributed by atoms with E-state index in [0.717, 1.165) is 16.1 Å². The zero-order chi connectivity index (χ0) is 18.8. The fourth-order valence-corrected chi connectivity index (χ4v) is 3.22. The summed E-state index contributed by atoms with van der Waals surface area (Å²) >= 11 is 1.53. The highest BCUT2D eigenvalue weighted by atomic mass is 32.1. The van der Waals surface area contributed by atoms with E-state index in [4.69, 9.17) is 4.52 Å². The number of nitrogens with zero attached hydrogens (tertiary/aromatic N) is 4. The van der Waals surface area contributed by atoms with E-state index in [9.17, 15) is 4.79 Å². The third-order valence-electron chi connectivity index (χ3n) is 4.14. The van der Waals surface area contributed by atoms with Gasteiger partial charge in [0.05, 0.1) is 11.2 Å². The zero-order valence-electron chi connectivity index (χ0n) is 14.8. The molecule has 0 aliphatic carbocycles. The second-order valence-corrected chi connectivity index (χ2v) is 7.13. The molecule has 1 amide bonds. The van der Waals surface area contributed by atoms with Crippen molar-refractivity contribution in [3.05, 3.63) is 59.4 Å². The van der Waals surface area contributed by atoms with E-state index in [0.29, 0.717) is 17.4 Å². The summed E-state index contributed by atoms with van der Waals surface area (Å²) in [6.07, 6.45) is 3.31. The van der Waals surface area contributed by atoms with E-state index in [2.05, 4.69) is 20.4 Å². The van der Waals surface area contributed by atoms with Crippen molar-refractivity contribution in [3.63, 3.8) is 0 Å². The molecule has 0 unspecified atom stereocenters. The van der Waals surface area contributed by atoms with Crippen LogP contribution in [0.4, 0.5) is 5.69 Å². The Kier molecular flexibility index (Phi) is 4.55. The first-order valence-corrected chi connectivity index (χ1v) is 9.23. The van der Waals surface area contributed by atoms with Gasteiger partial charge in [-0.05, 0) is 48.6 Å². The number of rotatable bonds is 5. The summed E-state index contributed by atoms with van der Waals surface area (Å²) in [7, 11) is 0. The summed E-state index contributed by atoms with van der Waals surface area (Å²) < 4.78 is 6.96. The fraction of sp³-hybridized carbons (Fsp3) is 0.158. The topological polar surface area (TPSA) is 85.8 Å². The third kappa shape index (κ3) is 3.80. The SMILES string of the molecule is Cc1ccc(NC(=O)Cn2cnc(-c3noc(-c4cccs4)n3)c2)cc1C. The van der Waals surface area contributed by atoms with Gasteiger partial charge in [0.25, 0.3) is 5.89 Å². The minimum atomic E-state index is -0.130.